The van der Waals surface area contributed by atoms with Crippen molar-refractivity contribution in [3.8, 4) is 0 Å². The minimum Gasteiger partial charge on any atom is -0.481 e. The zero-order valence-corrected chi connectivity index (χ0v) is 41.0. The van der Waals surface area contributed by atoms with Gasteiger partial charge in [-0.2, -0.15) is 0 Å². The minimum absolute atomic E-state index is 0.199. The summed E-state index contributed by atoms with van der Waals surface area (Å²) in [6, 6.07) is 28.5. The Kier molecular flexibility index (Phi) is 17.9. The maximum atomic E-state index is 11.3. The zero-order valence-electron chi connectivity index (χ0n) is 40.1. The Morgan fingerprint density at radius 3 is 2.18 bits per heavy atom. The molecule has 0 spiro atoms. The lowest BCUT2D eigenvalue weighted by Gasteiger charge is -2.29. The van der Waals surface area contributed by atoms with Gasteiger partial charge in [-0.05, 0) is 119 Å². The van der Waals surface area contributed by atoms with Crippen LogP contribution < -0.4 is 4.90 Å². The molecule has 346 valence electrons. The number of hydrogen-bond acceptors (Lipinski definition) is 5. The molecule has 1 heterocycles. The fourth-order valence-electron chi connectivity index (χ4n) is 9.99. The molecule has 4 aromatic carbocycles. The van der Waals surface area contributed by atoms with Crippen molar-refractivity contribution >= 4 is 56.6 Å². The van der Waals surface area contributed by atoms with Gasteiger partial charge in [0.2, 0.25) is 0 Å². The van der Waals surface area contributed by atoms with Crippen molar-refractivity contribution in [3.63, 3.8) is 0 Å². The molecule has 1 atom stereocenters. The Morgan fingerprint density at radius 2 is 1.48 bits per heavy atom. The van der Waals surface area contributed by atoms with Crippen LogP contribution in [0.15, 0.2) is 130 Å². The van der Waals surface area contributed by atoms with Crippen molar-refractivity contribution in [1.29, 1.82) is 0 Å². The maximum absolute atomic E-state index is 11.3. The average Bonchev–Trinajstić information content (AvgIpc) is 3.51. The molecular weight excluding hydrogens is 821 g/mol. The highest BCUT2D eigenvalue weighted by Gasteiger charge is 2.41. The summed E-state index contributed by atoms with van der Waals surface area (Å²) in [5, 5.41) is 23.6. The van der Waals surface area contributed by atoms with Crippen molar-refractivity contribution in [1.82, 2.24) is 0 Å². The van der Waals surface area contributed by atoms with Crippen LogP contribution in [0.2, 0.25) is 0 Å². The molecule has 0 saturated carbocycles. The molecule has 4 aromatic rings. The predicted octanol–water partition coefficient (Wildman–Crippen LogP) is 15.6. The molecule has 0 saturated heterocycles. The van der Waals surface area contributed by atoms with Gasteiger partial charge in [-0.3, -0.25) is 14.6 Å². The summed E-state index contributed by atoms with van der Waals surface area (Å²) in [5.74, 6) is 0.298. The maximum Gasteiger partial charge on any atom is 0.303 e. The number of aliphatic carboxylic acids is 2. The molecule has 1 aliphatic carbocycles. The van der Waals surface area contributed by atoms with E-state index >= 15 is 0 Å². The number of allylic oxidation sites excluding steroid dienone is 7. The van der Waals surface area contributed by atoms with Crippen LogP contribution in [-0.4, -0.2) is 46.7 Å². The van der Waals surface area contributed by atoms with Crippen LogP contribution in [0.25, 0.3) is 21.5 Å². The number of rotatable bonds is 24. The average molecular weight is 895 g/mol. The number of aliphatic imine (C=N–C) groups is 1. The Hall–Kier alpha value is -4.88. The molecule has 0 amide bonds. The Bertz CT molecular complexity index is 2430. The second-order valence-electron chi connectivity index (χ2n) is 19.3. The number of carbonyl (C=O) groups is 2. The quantitative estimate of drug-likeness (QED) is 0.0538. The fourth-order valence-corrected chi connectivity index (χ4v) is 11.5. The van der Waals surface area contributed by atoms with Crippen LogP contribution in [0, 0.1) is 5.92 Å². The largest absolute Gasteiger partial charge is 0.481 e. The number of carboxylic acid groups (broad SMARTS) is 2. The molecule has 7 heteroatoms. The second-order valence-corrected chi connectivity index (χ2v) is 20.3. The minimum atomic E-state index is -0.739. The number of carboxylic acids is 2. The first-order valence-corrected chi connectivity index (χ1v) is 25.6. The van der Waals surface area contributed by atoms with Crippen LogP contribution in [-0.2, 0) is 20.4 Å². The van der Waals surface area contributed by atoms with Gasteiger partial charge >= 0.3 is 11.9 Å². The van der Waals surface area contributed by atoms with Crippen LogP contribution in [0.4, 0.5) is 5.69 Å². The highest BCUT2D eigenvalue weighted by Crippen LogP contribution is 2.51. The van der Waals surface area contributed by atoms with E-state index in [4.69, 9.17) is 4.99 Å². The number of nitrogens with zero attached hydrogens (tertiary/aromatic N) is 2. The van der Waals surface area contributed by atoms with Gasteiger partial charge in [-0.25, -0.2) is 0 Å². The van der Waals surface area contributed by atoms with Gasteiger partial charge < -0.3 is 15.1 Å². The molecule has 0 bridgehead atoms. The summed E-state index contributed by atoms with van der Waals surface area (Å²) >= 11 is 2.06. The van der Waals surface area contributed by atoms with E-state index in [9.17, 15) is 19.8 Å². The number of fused-ring (bicyclic) bond motifs is 4. The van der Waals surface area contributed by atoms with Crippen LogP contribution in [0.3, 0.4) is 0 Å². The van der Waals surface area contributed by atoms with Gasteiger partial charge in [0.15, 0.2) is 0 Å². The molecule has 2 N–H and O–H groups in total. The summed E-state index contributed by atoms with van der Waals surface area (Å²) in [4.78, 5) is 31.8. The molecule has 2 aliphatic rings. The van der Waals surface area contributed by atoms with Crippen LogP contribution in [0.5, 0.6) is 0 Å². The summed E-state index contributed by atoms with van der Waals surface area (Å²) in [7, 11) is 0. The standard InChI is InChI=1S/C58H74N2O4S/c1-7-9-22-42(8-2)41-65-56-45(34-37-51(59-39-18-10-12-31-53(61)62)57(3,4)49-30-21-25-43-23-14-16-28-47(43)49)26-20-27-46(56)35-38-52-58(5,6)55-48-29-17-15-24-44(48)33-36-50(55)60(52)40-19-11-13-32-54(63)64/h14-17,21,23-25,28-30,33-38,42H,7-13,18-20,22,26-27,31-32,39-41H2,1-6H3,(H,61,62)(H,63,64)/b37-34+,46-35+,52-38+,59-51+. The van der Waals surface area contributed by atoms with E-state index in [0.29, 0.717) is 25.3 Å². The monoisotopic (exact) mass is 895 g/mol. The van der Waals surface area contributed by atoms with E-state index in [1.807, 2.05) is 0 Å². The summed E-state index contributed by atoms with van der Waals surface area (Å²) < 4.78 is 0. The van der Waals surface area contributed by atoms with Gasteiger partial charge in [0.25, 0.3) is 0 Å². The Labute approximate surface area is 394 Å². The number of thioether (sulfide) groups is 1. The third kappa shape index (κ3) is 12.5. The molecule has 1 unspecified atom stereocenters. The smallest absolute Gasteiger partial charge is 0.303 e. The summed E-state index contributed by atoms with van der Waals surface area (Å²) in [6.07, 6.45) is 22.9. The number of benzene rings is 4. The van der Waals surface area contributed by atoms with Gasteiger partial charge in [0.05, 0.1) is 0 Å². The van der Waals surface area contributed by atoms with Crippen LogP contribution >= 0.6 is 11.8 Å². The Balaban J connectivity index is 1.42. The van der Waals surface area contributed by atoms with Gasteiger partial charge in [0, 0.05) is 64.5 Å². The highest BCUT2D eigenvalue weighted by atomic mass is 32.2. The van der Waals surface area contributed by atoms with Crippen molar-refractivity contribution in [3.05, 3.63) is 136 Å². The fraction of sp³-hybridized carbons (Fsp3) is 0.466. The van der Waals surface area contributed by atoms with E-state index < -0.39 is 11.9 Å². The van der Waals surface area contributed by atoms with E-state index in [-0.39, 0.29) is 23.7 Å². The molecule has 0 aromatic heterocycles. The lowest BCUT2D eigenvalue weighted by atomic mass is 9.77. The van der Waals surface area contributed by atoms with Crippen molar-refractivity contribution in [2.75, 3.05) is 23.7 Å². The Morgan fingerprint density at radius 1 is 0.800 bits per heavy atom. The van der Waals surface area contributed by atoms with Crippen molar-refractivity contribution in [2.24, 2.45) is 10.9 Å². The van der Waals surface area contributed by atoms with Crippen molar-refractivity contribution < 1.29 is 19.8 Å². The predicted molar refractivity (Wildman–Crippen MR) is 278 cm³/mol. The molecule has 65 heavy (non-hydrogen) atoms. The first-order chi connectivity index (χ1) is 31.4. The van der Waals surface area contributed by atoms with E-state index in [1.165, 1.54) is 85.8 Å². The van der Waals surface area contributed by atoms with Crippen LogP contribution in [0.1, 0.15) is 149 Å². The normalized spacial score (nSPS) is 17.3. The first kappa shape index (κ1) is 49.6. The number of anilines is 1. The van der Waals surface area contributed by atoms with Gasteiger partial charge in [-0.15, -0.1) is 11.8 Å². The summed E-state index contributed by atoms with van der Waals surface area (Å²) in [6.45, 7) is 15.5. The number of unbranched alkanes of at least 4 members (excludes halogenated alkanes) is 5. The molecular formula is C58H74N2O4S. The van der Waals surface area contributed by atoms with E-state index in [2.05, 4.69) is 161 Å². The second kappa shape index (κ2) is 23.5. The molecule has 6 rings (SSSR count). The van der Waals surface area contributed by atoms with E-state index in [1.54, 1.807) is 0 Å². The topological polar surface area (TPSA) is 90.2 Å². The SMILES string of the molecule is CCCCC(CC)CSC1=C(/C=C/C(=N\CCCCCC(=O)O)C(C)(C)c2cccc3ccccc23)CCC/C1=C\C=C1\N(CCCCCC(=O)O)c2ccc3ccccc3c2C1(C)C. The molecule has 0 fully saturated rings. The highest BCUT2D eigenvalue weighted by molar-refractivity contribution is 8.03. The van der Waals surface area contributed by atoms with Crippen molar-refractivity contribution in [2.45, 2.75) is 149 Å². The van der Waals surface area contributed by atoms with Gasteiger partial charge in [-0.1, -0.05) is 159 Å². The molecule has 1 aliphatic heterocycles. The lowest BCUT2D eigenvalue weighted by molar-refractivity contribution is -0.138. The van der Waals surface area contributed by atoms with E-state index in [0.717, 1.165) is 63.0 Å². The zero-order chi connectivity index (χ0) is 46.4. The number of hydrogen-bond donors (Lipinski definition) is 2. The van der Waals surface area contributed by atoms with Gasteiger partial charge in [0.1, 0.15) is 0 Å². The molecule has 6 nitrogen and oxygen atoms in total. The lowest BCUT2D eigenvalue weighted by Crippen LogP contribution is -2.28. The third-order valence-corrected chi connectivity index (χ3v) is 15.3. The molecule has 0 radical (unpaired) electrons. The summed E-state index contributed by atoms with van der Waals surface area (Å²) in [5.41, 5.74) is 8.41. The third-order valence-electron chi connectivity index (χ3n) is 13.8. The first-order valence-electron chi connectivity index (χ1n) is 24.6.